The molecule has 0 unspecified atom stereocenters. The fourth-order valence-electron chi connectivity index (χ4n) is 3.11. The van der Waals surface area contributed by atoms with Gasteiger partial charge in [-0.1, -0.05) is 18.2 Å². The lowest BCUT2D eigenvalue weighted by atomic mass is 10.0. The van der Waals surface area contributed by atoms with E-state index in [1.807, 2.05) is 20.2 Å². The fourth-order valence-corrected chi connectivity index (χ4v) is 3.11. The Bertz CT molecular complexity index is 727. The van der Waals surface area contributed by atoms with Crippen LogP contribution in [0.2, 0.25) is 0 Å². The molecule has 0 radical (unpaired) electrons. The molecule has 1 aromatic heterocycles. The van der Waals surface area contributed by atoms with Gasteiger partial charge in [0.1, 0.15) is 5.82 Å². The molecule has 0 bridgehead atoms. The van der Waals surface area contributed by atoms with Gasteiger partial charge in [-0.25, -0.2) is 4.98 Å². The number of imidazole rings is 1. The highest BCUT2D eigenvalue weighted by Gasteiger charge is 2.30. The van der Waals surface area contributed by atoms with Gasteiger partial charge in [0.2, 0.25) is 0 Å². The number of rotatable bonds is 4. The predicted molar refractivity (Wildman–Crippen MR) is 88.1 cm³/mol. The van der Waals surface area contributed by atoms with Crippen molar-refractivity contribution in [3.63, 3.8) is 0 Å². The van der Waals surface area contributed by atoms with E-state index >= 15 is 0 Å². The van der Waals surface area contributed by atoms with Crippen LogP contribution in [0.5, 0.6) is 0 Å². The van der Waals surface area contributed by atoms with Crippen LogP contribution in [0.15, 0.2) is 30.5 Å². The van der Waals surface area contributed by atoms with Crippen molar-refractivity contribution in [3.8, 4) is 0 Å². The summed E-state index contributed by atoms with van der Waals surface area (Å²) in [6.45, 7) is 4.81. The summed E-state index contributed by atoms with van der Waals surface area (Å²) >= 11 is 0. The smallest absolute Gasteiger partial charge is 0.375 e. The van der Waals surface area contributed by atoms with E-state index in [9.17, 15) is 13.2 Å². The van der Waals surface area contributed by atoms with E-state index in [-0.39, 0.29) is 6.10 Å². The van der Waals surface area contributed by atoms with Crippen molar-refractivity contribution < 1.29 is 17.9 Å². The fraction of sp³-hybridized carbons (Fsp3) is 0.500. The van der Waals surface area contributed by atoms with Crippen LogP contribution < -0.4 is 0 Å². The van der Waals surface area contributed by atoms with Crippen LogP contribution in [0.4, 0.5) is 13.2 Å². The van der Waals surface area contributed by atoms with Gasteiger partial charge >= 0.3 is 6.18 Å². The lowest BCUT2D eigenvalue weighted by Crippen LogP contribution is -2.43. The molecule has 1 fully saturated rings. The lowest BCUT2D eigenvalue weighted by Gasteiger charge is -2.33. The zero-order valence-corrected chi connectivity index (χ0v) is 14.4. The number of ether oxygens (including phenoxy) is 1. The minimum atomic E-state index is -4.31. The normalized spacial score (nSPS) is 19.3. The van der Waals surface area contributed by atoms with Gasteiger partial charge in [0.15, 0.2) is 0 Å². The molecule has 2 heterocycles. The number of hydrogen-bond donors (Lipinski definition) is 0. The Kier molecular flexibility index (Phi) is 5.15. The molecule has 7 heteroatoms. The van der Waals surface area contributed by atoms with Crippen molar-refractivity contribution in [1.82, 2.24) is 14.5 Å². The number of nitrogens with zero attached hydrogens (tertiary/aromatic N) is 3. The van der Waals surface area contributed by atoms with Crippen molar-refractivity contribution in [2.45, 2.75) is 32.2 Å². The average Bonchev–Trinajstić information content (AvgIpc) is 2.87. The van der Waals surface area contributed by atoms with E-state index < -0.39 is 11.7 Å². The molecular weight excluding hydrogens is 331 g/mol. The first kappa shape index (κ1) is 17.9. The summed E-state index contributed by atoms with van der Waals surface area (Å²) in [4.78, 5) is 6.56. The van der Waals surface area contributed by atoms with Crippen LogP contribution in [0, 0.1) is 6.92 Å². The summed E-state index contributed by atoms with van der Waals surface area (Å²) in [6.07, 6.45) is -2.07. The van der Waals surface area contributed by atoms with Crippen LogP contribution in [-0.2, 0) is 30.9 Å². The largest absolute Gasteiger partial charge is 0.416 e. The molecule has 1 aliphatic heterocycles. The molecule has 2 aromatic rings. The molecule has 0 spiro atoms. The maximum atomic E-state index is 12.8. The summed E-state index contributed by atoms with van der Waals surface area (Å²) in [7, 11) is 1.98. The van der Waals surface area contributed by atoms with Gasteiger partial charge in [-0.2, -0.15) is 13.2 Å². The Morgan fingerprint density at radius 3 is 2.80 bits per heavy atom. The summed E-state index contributed by atoms with van der Waals surface area (Å²) in [6, 6.07) is 5.49. The third-order valence-electron chi connectivity index (χ3n) is 4.64. The quantitative estimate of drug-likeness (QED) is 0.846. The third kappa shape index (κ3) is 4.41. The highest BCUT2D eigenvalue weighted by atomic mass is 19.4. The molecule has 1 aliphatic rings. The first-order valence-electron chi connectivity index (χ1n) is 8.30. The van der Waals surface area contributed by atoms with Gasteiger partial charge in [0.25, 0.3) is 0 Å². The molecule has 1 atom stereocenters. The van der Waals surface area contributed by atoms with E-state index in [1.54, 1.807) is 6.07 Å². The van der Waals surface area contributed by atoms with E-state index in [0.29, 0.717) is 25.1 Å². The van der Waals surface area contributed by atoms with Gasteiger partial charge in [-0.15, -0.1) is 0 Å². The third-order valence-corrected chi connectivity index (χ3v) is 4.64. The molecule has 0 N–H and O–H groups in total. The second kappa shape index (κ2) is 7.17. The lowest BCUT2D eigenvalue weighted by molar-refractivity contribution is -0.137. The van der Waals surface area contributed by atoms with Crippen LogP contribution in [0.1, 0.15) is 22.6 Å². The number of aromatic nitrogens is 2. The molecule has 4 nitrogen and oxygen atoms in total. The summed E-state index contributed by atoms with van der Waals surface area (Å²) in [5.74, 6) is 0.962. The number of halogens is 3. The van der Waals surface area contributed by atoms with Gasteiger partial charge in [0.05, 0.1) is 24.0 Å². The minimum absolute atomic E-state index is 0.105. The van der Waals surface area contributed by atoms with Gasteiger partial charge in [-0.3, -0.25) is 4.90 Å². The first-order chi connectivity index (χ1) is 11.8. The van der Waals surface area contributed by atoms with Crippen LogP contribution >= 0.6 is 0 Å². The number of benzene rings is 1. The Morgan fingerprint density at radius 2 is 2.12 bits per heavy atom. The zero-order valence-electron chi connectivity index (χ0n) is 14.4. The molecular formula is C18H22F3N3O. The Morgan fingerprint density at radius 1 is 1.32 bits per heavy atom. The van der Waals surface area contributed by atoms with Gasteiger partial charge in [-0.05, 0) is 25.0 Å². The van der Waals surface area contributed by atoms with Crippen molar-refractivity contribution in [2.24, 2.45) is 7.05 Å². The van der Waals surface area contributed by atoms with Crippen LogP contribution in [-0.4, -0.2) is 40.3 Å². The predicted octanol–water partition coefficient (Wildman–Crippen LogP) is 3.19. The highest BCUT2D eigenvalue weighted by Crippen LogP contribution is 2.30. The average molecular weight is 353 g/mol. The molecule has 0 aliphatic carbocycles. The van der Waals surface area contributed by atoms with Crippen molar-refractivity contribution in [2.75, 3.05) is 19.7 Å². The monoisotopic (exact) mass is 353 g/mol. The number of alkyl halides is 3. The minimum Gasteiger partial charge on any atom is -0.375 e. The van der Waals surface area contributed by atoms with Crippen molar-refractivity contribution in [3.05, 3.63) is 53.1 Å². The topological polar surface area (TPSA) is 30.3 Å². The zero-order chi connectivity index (χ0) is 18.0. The van der Waals surface area contributed by atoms with Gasteiger partial charge in [0, 0.05) is 32.9 Å². The maximum Gasteiger partial charge on any atom is 0.416 e. The molecule has 1 saturated heterocycles. The van der Waals surface area contributed by atoms with Crippen molar-refractivity contribution in [1.29, 1.82) is 0 Å². The first-order valence-corrected chi connectivity index (χ1v) is 8.30. The number of hydrogen-bond acceptors (Lipinski definition) is 3. The van der Waals surface area contributed by atoms with Crippen molar-refractivity contribution >= 4 is 0 Å². The molecule has 0 saturated carbocycles. The Balaban J connectivity index is 1.63. The molecule has 25 heavy (non-hydrogen) atoms. The standard InChI is InChI=1S/C18H22F3N3O/c1-13-22-10-16(23(13)2)11-24-6-7-25-17(12-24)9-14-4-3-5-15(8-14)18(19,20)21/h3-5,8,10,17H,6-7,9,11-12H2,1-2H3/t17-/m1/s1. The maximum absolute atomic E-state index is 12.8. The van der Waals surface area contributed by atoms with E-state index in [1.165, 1.54) is 12.1 Å². The number of aryl methyl sites for hydroxylation is 1. The second-order valence-corrected chi connectivity index (χ2v) is 6.49. The second-order valence-electron chi connectivity index (χ2n) is 6.49. The summed E-state index contributed by atoms with van der Waals surface area (Å²) in [5, 5.41) is 0. The van der Waals surface area contributed by atoms with Crippen LogP contribution in [0.25, 0.3) is 0 Å². The molecule has 3 rings (SSSR count). The molecule has 1 aromatic carbocycles. The van der Waals surface area contributed by atoms with Crippen LogP contribution in [0.3, 0.4) is 0 Å². The summed E-state index contributed by atoms with van der Waals surface area (Å²) in [5.41, 5.74) is 1.17. The highest BCUT2D eigenvalue weighted by molar-refractivity contribution is 5.26. The summed E-state index contributed by atoms with van der Waals surface area (Å²) < 4.78 is 46.3. The number of morpholine rings is 1. The SMILES string of the molecule is Cc1ncc(CN2CCO[C@H](Cc3cccc(C(F)(F)F)c3)C2)n1C. The molecule has 0 amide bonds. The Labute approximate surface area is 145 Å². The van der Waals surface area contributed by atoms with E-state index in [2.05, 4.69) is 14.5 Å². The Hall–Kier alpha value is -1.86. The van der Waals surface area contributed by atoms with E-state index in [0.717, 1.165) is 30.7 Å². The van der Waals surface area contributed by atoms with Gasteiger partial charge < -0.3 is 9.30 Å². The molecule has 136 valence electrons. The van der Waals surface area contributed by atoms with E-state index in [4.69, 9.17) is 4.74 Å².